The number of rotatable bonds is 3. The minimum atomic E-state index is -0.210. The first-order chi connectivity index (χ1) is 10.2. The molecule has 0 aliphatic rings. The van der Waals surface area contributed by atoms with E-state index in [1.54, 1.807) is 16.7 Å². The summed E-state index contributed by atoms with van der Waals surface area (Å²) in [7, 11) is 0. The average Bonchev–Trinajstić information content (AvgIpc) is 2.87. The van der Waals surface area contributed by atoms with Gasteiger partial charge in [0.1, 0.15) is 0 Å². The molecule has 0 saturated heterocycles. The Labute approximate surface area is 121 Å². The van der Waals surface area contributed by atoms with E-state index in [0.29, 0.717) is 11.1 Å². The number of carbonyl (C=O) groups is 2. The maximum absolute atomic E-state index is 12.2. The van der Waals surface area contributed by atoms with E-state index in [9.17, 15) is 9.59 Å². The molecule has 4 N–H and O–H groups in total. The lowest BCUT2D eigenvalue weighted by Crippen LogP contribution is -2.21. The molecule has 2 aromatic carbocycles. The summed E-state index contributed by atoms with van der Waals surface area (Å²) in [6.45, 7) is -0.153. The Bertz CT molecular complexity index is 864. The van der Waals surface area contributed by atoms with Gasteiger partial charge in [0.2, 0.25) is 5.91 Å². The van der Waals surface area contributed by atoms with Gasteiger partial charge < -0.3 is 11.5 Å². The summed E-state index contributed by atoms with van der Waals surface area (Å²) in [6, 6.07) is 12.9. The molecule has 0 radical (unpaired) electrons. The molecule has 0 aliphatic carbocycles. The van der Waals surface area contributed by atoms with Gasteiger partial charge in [-0.05, 0) is 12.1 Å². The smallest absolute Gasteiger partial charge is 0.245 e. The standard InChI is InChI=1S/C16H15N3O2/c17-8-15(20)10-5-6-12-11-3-1-2-4-13(11)19(14(12)7-10)16(21)9-18/h1-7H,8-9,17-18H2. The molecule has 1 aromatic heterocycles. The summed E-state index contributed by atoms with van der Waals surface area (Å²) >= 11 is 0. The number of benzene rings is 2. The number of nitrogens with two attached hydrogens (primary N) is 2. The van der Waals surface area contributed by atoms with Crippen molar-refractivity contribution in [1.29, 1.82) is 0 Å². The predicted octanol–water partition coefficient (Wildman–Crippen LogP) is 1.53. The van der Waals surface area contributed by atoms with Crippen LogP contribution in [0, 0.1) is 0 Å². The molecular weight excluding hydrogens is 266 g/mol. The third-order valence-corrected chi connectivity index (χ3v) is 3.61. The zero-order valence-electron chi connectivity index (χ0n) is 11.4. The Morgan fingerprint density at radius 1 is 0.905 bits per heavy atom. The molecule has 21 heavy (non-hydrogen) atoms. The molecule has 0 amide bonds. The van der Waals surface area contributed by atoms with Gasteiger partial charge >= 0.3 is 0 Å². The van der Waals surface area contributed by atoms with Crippen molar-refractivity contribution in [2.45, 2.75) is 0 Å². The van der Waals surface area contributed by atoms with E-state index < -0.39 is 0 Å². The van der Waals surface area contributed by atoms with E-state index in [4.69, 9.17) is 11.5 Å². The fraction of sp³-hybridized carbons (Fsp3) is 0.125. The van der Waals surface area contributed by atoms with Gasteiger partial charge in [0.05, 0.1) is 24.1 Å². The predicted molar refractivity (Wildman–Crippen MR) is 82.5 cm³/mol. The van der Waals surface area contributed by atoms with Gasteiger partial charge in [0.25, 0.3) is 0 Å². The molecule has 5 heteroatoms. The van der Waals surface area contributed by atoms with Crippen LogP contribution in [0.25, 0.3) is 21.8 Å². The highest BCUT2D eigenvalue weighted by Crippen LogP contribution is 2.29. The van der Waals surface area contributed by atoms with Gasteiger partial charge in [-0.15, -0.1) is 0 Å². The van der Waals surface area contributed by atoms with E-state index in [1.165, 1.54) is 0 Å². The normalized spacial score (nSPS) is 11.1. The third-order valence-electron chi connectivity index (χ3n) is 3.61. The lowest BCUT2D eigenvalue weighted by Gasteiger charge is -2.05. The van der Waals surface area contributed by atoms with E-state index in [1.807, 2.05) is 30.3 Å². The van der Waals surface area contributed by atoms with E-state index >= 15 is 0 Å². The summed E-state index contributed by atoms with van der Waals surface area (Å²) in [5, 5.41) is 1.88. The van der Waals surface area contributed by atoms with Crippen LogP contribution < -0.4 is 11.5 Å². The fourth-order valence-corrected chi connectivity index (χ4v) is 2.62. The molecular formula is C16H15N3O2. The second-order valence-electron chi connectivity index (χ2n) is 4.81. The van der Waals surface area contributed by atoms with Gasteiger partial charge in [-0.1, -0.05) is 30.3 Å². The summed E-state index contributed by atoms with van der Waals surface area (Å²) in [6.07, 6.45) is 0. The molecule has 1 heterocycles. The second kappa shape index (κ2) is 5.12. The van der Waals surface area contributed by atoms with Crippen LogP contribution in [-0.2, 0) is 0 Å². The highest BCUT2D eigenvalue weighted by Gasteiger charge is 2.16. The average molecular weight is 281 g/mol. The lowest BCUT2D eigenvalue weighted by atomic mass is 10.1. The van der Waals surface area contributed by atoms with Crippen LogP contribution >= 0.6 is 0 Å². The van der Waals surface area contributed by atoms with Crippen LogP contribution in [0.15, 0.2) is 42.5 Å². The highest BCUT2D eigenvalue weighted by molar-refractivity contribution is 6.15. The minimum Gasteiger partial charge on any atom is -0.324 e. The van der Waals surface area contributed by atoms with Crippen molar-refractivity contribution < 1.29 is 9.59 Å². The number of carbonyl (C=O) groups excluding carboxylic acids is 2. The first-order valence-electron chi connectivity index (χ1n) is 6.67. The van der Waals surface area contributed by atoms with Gasteiger partial charge in [-0.3, -0.25) is 14.2 Å². The van der Waals surface area contributed by atoms with Gasteiger partial charge in [0.15, 0.2) is 5.78 Å². The van der Waals surface area contributed by atoms with E-state index in [0.717, 1.165) is 16.3 Å². The molecule has 0 aliphatic heterocycles. The van der Waals surface area contributed by atoms with Gasteiger partial charge in [0, 0.05) is 16.3 Å². The van der Waals surface area contributed by atoms with Gasteiger partial charge in [-0.2, -0.15) is 0 Å². The van der Waals surface area contributed by atoms with Crippen LogP contribution in [-0.4, -0.2) is 29.3 Å². The topological polar surface area (TPSA) is 91.1 Å². The minimum absolute atomic E-state index is 0.0590. The van der Waals surface area contributed by atoms with Crippen molar-refractivity contribution in [1.82, 2.24) is 4.57 Å². The Morgan fingerprint density at radius 3 is 2.33 bits per heavy atom. The summed E-state index contributed by atoms with van der Waals surface area (Å²) in [5.41, 5.74) is 12.9. The lowest BCUT2D eigenvalue weighted by molar-refractivity contribution is 0.0932. The van der Waals surface area contributed by atoms with Crippen molar-refractivity contribution >= 4 is 33.5 Å². The zero-order chi connectivity index (χ0) is 15.0. The fourth-order valence-electron chi connectivity index (χ4n) is 2.62. The quantitative estimate of drug-likeness (QED) is 0.712. The number of aromatic nitrogens is 1. The number of nitrogens with zero attached hydrogens (tertiary/aromatic N) is 1. The molecule has 0 atom stereocenters. The van der Waals surface area contributed by atoms with Crippen molar-refractivity contribution in [2.75, 3.05) is 13.1 Å². The van der Waals surface area contributed by atoms with Crippen molar-refractivity contribution in [3.8, 4) is 0 Å². The largest absolute Gasteiger partial charge is 0.324 e. The zero-order valence-corrected chi connectivity index (χ0v) is 11.4. The maximum Gasteiger partial charge on any atom is 0.245 e. The molecule has 3 aromatic rings. The maximum atomic E-state index is 12.2. The molecule has 106 valence electrons. The molecule has 3 rings (SSSR count). The first-order valence-corrected chi connectivity index (χ1v) is 6.67. The Hall–Kier alpha value is -2.50. The summed E-state index contributed by atoms with van der Waals surface area (Å²) in [4.78, 5) is 24.0. The van der Waals surface area contributed by atoms with E-state index in [-0.39, 0.29) is 24.8 Å². The molecule has 0 bridgehead atoms. The van der Waals surface area contributed by atoms with Crippen molar-refractivity contribution in [3.05, 3.63) is 48.0 Å². The monoisotopic (exact) mass is 281 g/mol. The van der Waals surface area contributed by atoms with Crippen LogP contribution in [0.4, 0.5) is 0 Å². The molecule has 0 fully saturated rings. The number of fused-ring (bicyclic) bond motifs is 3. The number of hydrogen-bond donors (Lipinski definition) is 2. The van der Waals surface area contributed by atoms with Crippen LogP contribution in [0.2, 0.25) is 0 Å². The number of para-hydroxylation sites is 1. The van der Waals surface area contributed by atoms with Gasteiger partial charge in [-0.25, -0.2) is 0 Å². The molecule has 0 spiro atoms. The Kier molecular flexibility index (Phi) is 3.29. The number of ketones is 1. The Morgan fingerprint density at radius 2 is 1.62 bits per heavy atom. The molecule has 0 unspecified atom stereocenters. The third kappa shape index (κ3) is 2.03. The Balaban J connectivity index is 2.41. The summed E-state index contributed by atoms with van der Waals surface area (Å²) < 4.78 is 1.57. The SMILES string of the molecule is NCC(=O)c1ccc2c3ccccc3n(C(=O)CN)c2c1. The van der Waals surface area contributed by atoms with Crippen LogP contribution in [0.1, 0.15) is 15.2 Å². The number of Topliss-reactive ketones (excluding diaryl/α,β-unsaturated/α-hetero) is 1. The molecule has 0 saturated carbocycles. The van der Waals surface area contributed by atoms with E-state index in [2.05, 4.69) is 0 Å². The second-order valence-corrected chi connectivity index (χ2v) is 4.81. The number of hydrogen-bond acceptors (Lipinski definition) is 4. The first kappa shape index (κ1) is 13.5. The molecule has 5 nitrogen and oxygen atoms in total. The van der Waals surface area contributed by atoms with Crippen LogP contribution in [0.5, 0.6) is 0 Å². The van der Waals surface area contributed by atoms with Crippen LogP contribution in [0.3, 0.4) is 0 Å². The van der Waals surface area contributed by atoms with Crippen molar-refractivity contribution in [2.24, 2.45) is 11.5 Å². The summed E-state index contributed by atoms with van der Waals surface area (Å²) in [5.74, 6) is -0.368. The van der Waals surface area contributed by atoms with Crippen molar-refractivity contribution in [3.63, 3.8) is 0 Å². The highest BCUT2D eigenvalue weighted by atomic mass is 16.2.